The van der Waals surface area contributed by atoms with Crippen LogP contribution in [-0.2, 0) is 5.33 Å². The third kappa shape index (κ3) is 2.37. The molecule has 0 saturated carbocycles. The maximum atomic E-state index is 12.4. The molecule has 0 amide bonds. The standard InChI is InChI=1S/C8H7BrF2IN/c1-4-5(2-9)3-13-7(6(4)12)8(10)11/h3,8H,2H2,1H3. The molecule has 0 aliphatic rings. The molecule has 1 aromatic heterocycles. The summed E-state index contributed by atoms with van der Waals surface area (Å²) in [6.07, 6.45) is -0.997. The van der Waals surface area contributed by atoms with Gasteiger partial charge in [0, 0.05) is 15.1 Å². The summed E-state index contributed by atoms with van der Waals surface area (Å²) >= 11 is 5.18. The van der Waals surface area contributed by atoms with E-state index >= 15 is 0 Å². The SMILES string of the molecule is Cc1c(CBr)cnc(C(F)F)c1I. The van der Waals surface area contributed by atoms with E-state index in [0.29, 0.717) is 8.90 Å². The lowest BCUT2D eigenvalue weighted by Gasteiger charge is -2.08. The van der Waals surface area contributed by atoms with Crippen LogP contribution >= 0.6 is 38.5 Å². The Morgan fingerprint density at radius 1 is 1.62 bits per heavy atom. The van der Waals surface area contributed by atoms with Crippen molar-refractivity contribution in [1.82, 2.24) is 4.98 Å². The van der Waals surface area contributed by atoms with Crippen LogP contribution < -0.4 is 0 Å². The summed E-state index contributed by atoms with van der Waals surface area (Å²) < 4.78 is 25.3. The van der Waals surface area contributed by atoms with E-state index in [0.717, 1.165) is 11.1 Å². The molecule has 0 saturated heterocycles. The second-order valence-corrected chi connectivity index (χ2v) is 4.18. The Kier molecular flexibility index (Phi) is 4.03. The average molecular weight is 362 g/mol. The van der Waals surface area contributed by atoms with Gasteiger partial charge in [0.15, 0.2) is 0 Å². The molecule has 0 radical (unpaired) electrons. The van der Waals surface area contributed by atoms with E-state index in [-0.39, 0.29) is 5.69 Å². The van der Waals surface area contributed by atoms with Crippen LogP contribution in [0.15, 0.2) is 6.20 Å². The van der Waals surface area contributed by atoms with Crippen molar-refractivity contribution in [3.63, 3.8) is 0 Å². The van der Waals surface area contributed by atoms with Gasteiger partial charge in [-0.3, -0.25) is 4.98 Å². The van der Waals surface area contributed by atoms with Gasteiger partial charge >= 0.3 is 0 Å². The van der Waals surface area contributed by atoms with Crippen LogP contribution in [0.4, 0.5) is 8.78 Å². The zero-order chi connectivity index (χ0) is 10.0. The molecule has 0 N–H and O–H groups in total. The van der Waals surface area contributed by atoms with Gasteiger partial charge in [0.1, 0.15) is 5.69 Å². The van der Waals surface area contributed by atoms with Gasteiger partial charge in [-0.1, -0.05) is 15.9 Å². The highest BCUT2D eigenvalue weighted by Crippen LogP contribution is 2.26. The molecule has 1 aromatic rings. The third-order valence-corrected chi connectivity index (χ3v) is 3.71. The number of alkyl halides is 3. The number of pyridine rings is 1. The Hall–Kier alpha value is 0.220. The van der Waals surface area contributed by atoms with Gasteiger partial charge in [0.2, 0.25) is 0 Å². The quantitative estimate of drug-likeness (QED) is 0.576. The van der Waals surface area contributed by atoms with Crippen LogP contribution in [-0.4, -0.2) is 4.98 Å². The summed E-state index contributed by atoms with van der Waals surface area (Å²) in [4.78, 5) is 3.72. The number of halogens is 4. The van der Waals surface area contributed by atoms with Crippen molar-refractivity contribution in [2.45, 2.75) is 18.7 Å². The number of hydrogen-bond acceptors (Lipinski definition) is 1. The van der Waals surface area contributed by atoms with Crippen LogP contribution in [0, 0.1) is 10.5 Å². The molecule has 0 atom stereocenters. The lowest BCUT2D eigenvalue weighted by molar-refractivity contribution is 0.145. The first kappa shape index (κ1) is 11.3. The number of rotatable bonds is 2. The fourth-order valence-electron chi connectivity index (χ4n) is 0.921. The first-order valence-corrected chi connectivity index (χ1v) is 5.76. The van der Waals surface area contributed by atoms with Crippen molar-refractivity contribution in [2.75, 3.05) is 0 Å². The monoisotopic (exact) mass is 361 g/mol. The van der Waals surface area contributed by atoms with Gasteiger partial charge in [0.25, 0.3) is 6.43 Å². The summed E-state index contributed by atoms with van der Waals surface area (Å²) in [6, 6.07) is 0. The maximum absolute atomic E-state index is 12.4. The Morgan fingerprint density at radius 3 is 2.69 bits per heavy atom. The summed E-state index contributed by atoms with van der Waals surface area (Å²) in [6.45, 7) is 1.83. The van der Waals surface area contributed by atoms with Crippen molar-refractivity contribution in [1.29, 1.82) is 0 Å². The van der Waals surface area contributed by atoms with E-state index in [9.17, 15) is 8.78 Å². The molecule has 5 heteroatoms. The molecule has 0 aliphatic heterocycles. The predicted octanol–water partition coefficient (Wildman–Crippen LogP) is 3.83. The Bertz CT molecular complexity index is 317. The molecule has 13 heavy (non-hydrogen) atoms. The molecule has 72 valence electrons. The van der Waals surface area contributed by atoms with Crippen molar-refractivity contribution in [3.05, 3.63) is 26.6 Å². The van der Waals surface area contributed by atoms with Crippen LogP contribution in [0.1, 0.15) is 23.2 Å². The van der Waals surface area contributed by atoms with Gasteiger partial charge in [-0.25, -0.2) is 8.78 Å². The van der Waals surface area contributed by atoms with Gasteiger partial charge in [-0.05, 0) is 40.6 Å². The molecular weight excluding hydrogens is 355 g/mol. The van der Waals surface area contributed by atoms with E-state index < -0.39 is 6.43 Å². The fraction of sp³-hybridized carbons (Fsp3) is 0.375. The second-order valence-electron chi connectivity index (χ2n) is 2.54. The molecule has 0 fully saturated rings. The molecule has 1 nitrogen and oxygen atoms in total. The van der Waals surface area contributed by atoms with Gasteiger partial charge in [0.05, 0.1) is 0 Å². The zero-order valence-electron chi connectivity index (χ0n) is 6.82. The molecule has 0 unspecified atom stereocenters. The van der Waals surface area contributed by atoms with Crippen LogP contribution in [0.3, 0.4) is 0 Å². The Morgan fingerprint density at radius 2 is 2.23 bits per heavy atom. The number of nitrogens with zero attached hydrogens (tertiary/aromatic N) is 1. The summed E-state index contributed by atoms with van der Waals surface area (Å²) in [5.41, 5.74) is 1.71. The molecule has 0 aromatic carbocycles. The van der Waals surface area contributed by atoms with Crippen LogP contribution in [0.25, 0.3) is 0 Å². The van der Waals surface area contributed by atoms with Gasteiger partial charge in [-0.2, -0.15) is 0 Å². The maximum Gasteiger partial charge on any atom is 0.281 e. The molecular formula is C8H7BrF2IN. The lowest BCUT2D eigenvalue weighted by atomic mass is 10.1. The van der Waals surface area contributed by atoms with E-state index in [2.05, 4.69) is 20.9 Å². The Balaban J connectivity index is 3.23. The van der Waals surface area contributed by atoms with Crippen molar-refractivity contribution in [2.24, 2.45) is 0 Å². The van der Waals surface area contributed by atoms with Crippen molar-refractivity contribution in [3.8, 4) is 0 Å². The minimum absolute atomic E-state index is 0.122. The molecule has 0 aliphatic carbocycles. The normalized spacial score (nSPS) is 10.9. The van der Waals surface area contributed by atoms with E-state index in [1.807, 2.05) is 29.5 Å². The van der Waals surface area contributed by atoms with Crippen molar-refractivity contribution >= 4 is 38.5 Å². The van der Waals surface area contributed by atoms with Gasteiger partial charge < -0.3 is 0 Å². The fourth-order valence-corrected chi connectivity index (χ4v) is 2.21. The predicted molar refractivity (Wildman–Crippen MR) is 59.3 cm³/mol. The summed E-state index contributed by atoms with van der Waals surface area (Å²) in [5, 5.41) is 0.644. The molecule has 1 rings (SSSR count). The van der Waals surface area contributed by atoms with E-state index in [4.69, 9.17) is 0 Å². The topological polar surface area (TPSA) is 12.9 Å². The van der Waals surface area contributed by atoms with Gasteiger partial charge in [-0.15, -0.1) is 0 Å². The highest BCUT2D eigenvalue weighted by atomic mass is 127. The molecule has 1 heterocycles. The largest absolute Gasteiger partial charge is 0.281 e. The number of hydrogen-bond donors (Lipinski definition) is 0. The highest BCUT2D eigenvalue weighted by molar-refractivity contribution is 14.1. The van der Waals surface area contributed by atoms with E-state index in [1.165, 1.54) is 6.20 Å². The lowest BCUT2D eigenvalue weighted by Crippen LogP contribution is -2.00. The average Bonchev–Trinajstić information content (AvgIpc) is 2.09. The third-order valence-electron chi connectivity index (χ3n) is 1.75. The first-order chi connectivity index (χ1) is 6.07. The van der Waals surface area contributed by atoms with Crippen molar-refractivity contribution < 1.29 is 8.78 Å². The van der Waals surface area contributed by atoms with Crippen LogP contribution in [0.5, 0.6) is 0 Å². The van der Waals surface area contributed by atoms with Crippen LogP contribution in [0.2, 0.25) is 0 Å². The highest BCUT2D eigenvalue weighted by Gasteiger charge is 2.16. The van der Waals surface area contributed by atoms with E-state index in [1.54, 1.807) is 0 Å². The summed E-state index contributed by atoms with van der Waals surface area (Å²) in [7, 11) is 0. The minimum Gasteiger partial charge on any atom is -0.254 e. The summed E-state index contributed by atoms with van der Waals surface area (Å²) in [5.74, 6) is 0. The smallest absolute Gasteiger partial charge is 0.254 e. The number of aromatic nitrogens is 1. The second kappa shape index (κ2) is 4.63. The minimum atomic E-state index is -2.49. The zero-order valence-corrected chi connectivity index (χ0v) is 10.6. The molecule has 0 spiro atoms. The molecule has 0 bridgehead atoms. The Labute approximate surface area is 97.2 Å². The first-order valence-electron chi connectivity index (χ1n) is 3.56.